The van der Waals surface area contributed by atoms with E-state index in [1.807, 2.05) is 6.92 Å². The van der Waals surface area contributed by atoms with E-state index >= 15 is 0 Å². The van der Waals surface area contributed by atoms with E-state index in [1.54, 1.807) is 38.1 Å². The van der Waals surface area contributed by atoms with E-state index in [0.717, 1.165) is 11.1 Å². The van der Waals surface area contributed by atoms with Crippen molar-refractivity contribution in [1.29, 1.82) is 0 Å². The molecule has 0 saturated carbocycles. The lowest BCUT2D eigenvalue weighted by Crippen LogP contribution is -2.29. The molecule has 0 saturated heterocycles. The number of allylic oxidation sites excluding steroid dienone is 3. The molecule has 0 spiro atoms. The lowest BCUT2D eigenvalue weighted by atomic mass is 9.81. The first kappa shape index (κ1) is 15.3. The number of fused-ring (bicyclic) bond motifs is 2. The number of Topliss-reactive ketones (excluding diaryl/α,β-unsaturated/α-hetero) is 2. The third-order valence-electron chi connectivity index (χ3n) is 4.38. The summed E-state index contributed by atoms with van der Waals surface area (Å²) in [6.07, 6.45) is 3.89. The molecule has 2 aliphatic carbocycles. The molecule has 0 aromatic heterocycles. The highest BCUT2D eigenvalue weighted by Crippen LogP contribution is 2.37. The topological polar surface area (TPSA) is 74.6 Å². The van der Waals surface area contributed by atoms with Crippen molar-refractivity contribution in [3.8, 4) is 5.75 Å². The predicted molar refractivity (Wildman–Crippen MR) is 87.1 cm³/mol. The van der Waals surface area contributed by atoms with E-state index in [-0.39, 0.29) is 28.6 Å². The van der Waals surface area contributed by atoms with Gasteiger partial charge in [-0.15, -0.1) is 0 Å². The molecule has 0 unspecified atom stereocenters. The molecule has 118 valence electrons. The van der Waals surface area contributed by atoms with E-state index in [9.17, 15) is 19.8 Å². The predicted octanol–water partition coefficient (Wildman–Crippen LogP) is 3.19. The third kappa shape index (κ3) is 2.31. The number of phenolic OH excluding ortho intramolecular Hbond substituents is 1. The van der Waals surface area contributed by atoms with Crippen LogP contribution in [0.1, 0.15) is 30.5 Å². The summed E-state index contributed by atoms with van der Waals surface area (Å²) < 4.78 is 0. The van der Waals surface area contributed by atoms with Gasteiger partial charge in [0.1, 0.15) is 11.5 Å². The highest BCUT2D eigenvalue weighted by Gasteiger charge is 2.37. The molecule has 0 amide bonds. The summed E-state index contributed by atoms with van der Waals surface area (Å²) in [6, 6.07) is 3.23. The largest absolute Gasteiger partial charge is 0.508 e. The lowest BCUT2D eigenvalue weighted by molar-refractivity contribution is -0.132. The molecule has 0 aliphatic heterocycles. The first-order chi connectivity index (χ1) is 10.8. The van der Waals surface area contributed by atoms with E-state index < -0.39 is 11.6 Å². The van der Waals surface area contributed by atoms with Crippen LogP contribution in [0.3, 0.4) is 0 Å². The molecule has 0 bridgehead atoms. The molecule has 0 fully saturated rings. The van der Waals surface area contributed by atoms with Gasteiger partial charge in [-0.05, 0) is 54.2 Å². The number of aliphatic hydroxyl groups is 1. The Morgan fingerprint density at radius 3 is 2.39 bits per heavy atom. The average molecular weight is 310 g/mol. The van der Waals surface area contributed by atoms with Gasteiger partial charge in [0.25, 0.3) is 0 Å². The van der Waals surface area contributed by atoms with Gasteiger partial charge in [-0.2, -0.15) is 0 Å². The van der Waals surface area contributed by atoms with Crippen LogP contribution in [-0.4, -0.2) is 21.8 Å². The van der Waals surface area contributed by atoms with Crippen LogP contribution in [0.5, 0.6) is 5.75 Å². The molecule has 0 atom stereocenters. The first-order valence-electron chi connectivity index (χ1n) is 7.58. The van der Waals surface area contributed by atoms with Crippen LogP contribution in [0, 0.1) is 12.8 Å². The minimum absolute atomic E-state index is 0.106. The maximum atomic E-state index is 12.5. The number of aliphatic hydroxyl groups excluding tert-OH is 1. The lowest BCUT2D eigenvalue weighted by Gasteiger charge is -2.21. The van der Waals surface area contributed by atoms with E-state index in [4.69, 9.17) is 0 Å². The summed E-state index contributed by atoms with van der Waals surface area (Å²) in [7, 11) is 0. The molecule has 0 radical (unpaired) electrons. The molecular formula is C19H18O4. The van der Waals surface area contributed by atoms with Crippen molar-refractivity contribution in [2.24, 2.45) is 5.92 Å². The van der Waals surface area contributed by atoms with E-state index in [0.29, 0.717) is 17.6 Å². The van der Waals surface area contributed by atoms with Gasteiger partial charge in [-0.25, -0.2) is 0 Å². The monoisotopic (exact) mass is 310 g/mol. The maximum Gasteiger partial charge on any atom is 0.234 e. The Balaban J connectivity index is 2.27. The quantitative estimate of drug-likeness (QED) is 0.781. The Morgan fingerprint density at radius 1 is 1.04 bits per heavy atom. The molecule has 2 aliphatic rings. The van der Waals surface area contributed by atoms with Crippen molar-refractivity contribution in [3.05, 3.63) is 57.4 Å². The first-order valence-corrected chi connectivity index (χ1v) is 7.58. The zero-order valence-corrected chi connectivity index (χ0v) is 13.3. The van der Waals surface area contributed by atoms with Crippen molar-refractivity contribution in [1.82, 2.24) is 0 Å². The maximum absolute atomic E-state index is 12.5. The van der Waals surface area contributed by atoms with Crippen molar-refractivity contribution in [2.75, 3.05) is 0 Å². The van der Waals surface area contributed by atoms with Gasteiger partial charge in [0.15, 0.2) is 0 Å². The second kappa shape index (κ2) is 5.23. The fraction of sp³-hybridized carbons (Fsp3) is 0.263. The van der Waals surface area contributed by atoms with Gasteiger partial charge in [-0.3, -0.25) is 9.59 Å². The van der Waals surface area contributed by atoms with Crippen molar-refractivity contribution in [3.63, 3.8) is 0 Å². The van der Waals surface area contributed by atoms with Gasteiger partial charge in [0.2, 0.25) is 11.6 Å². The standard InChI is InChI=1S/C19H18O4/c1-9(2)16-17(21)14-5-4-13-10(3)6-12(20)7-11(13)8-15(14)18(22)19(16)23/h5-9,20-21H,4H2,1-3H3. The summed E-state index contributed by atoms with van der Waals surface area (Å²) >= 11 is 0. The Morgan fingerprint density at radius 2 is 1.74 bits per heavy atom. The zero-order chi connectivity index (χ0) is 16.9. The van der Waals surface area contributed by atoms with Gasteiger partial charge in [-0.1, -0.05) is 19.9 Å². The normalized spacial score (nSPS) is 17.6. The van der Waals surface area contributed by atoms with E-state index in [2.05, 4.69) is 0 Å². The molecule has 2 N–H and O–H groups in total. The molecule has 4 nitrogen and oxygen atoms in total. The SMILES string of the molecule is Cc1cc(O)cc2c1CC=C1C(=C2)C(=O)C(=O)C(C(C)C)=C1O. The number of ketones is 2. The van der Waals surface area contributed by atoms with Crippen LogP contribution in [-0.2, 0) is 16.0 Å². The molecule has 0 heterocycles. The van der Waals surface area contributed by atoms with Crippen LogP contribution in [0.4, 0.5) is 0 Å². The number of benzene rings is 1. The average Bonchev–Trinajstić information content (AvgIpc) is 2.64. The van der Waals surface area contributed by atoms with Crippen LogP contribution in [0.2, 0.25) is 0 Å². The van der Waals surface area contributed by atoms with Crippen molar-refractivity contribution < 1.29 is 19.8 Å². The number of rotatable bonds is 1. The van der Waals surface area contributed by atoms with Gasteiger partial charge in [0, 0.05) is 16.7 Å². The number of carbonyl (C=O) groups excluding carboxylic acids is 2. The highest BCUT2D eigenvalue weighted by atomic mass is 16.3. The van der Waals surface area contributed by atoms with Crippen molar-refractivity contribution in [2.45, 2.75) is 27.2 Å². The Kier molecular flexibility index (Phi) is 3.48. The van der Waals surface area contributed by atoms with Crippen molar-refractivity contribution >= 4 is 17.6 Å². The number of aromatic hydroxyl groups is 1. The third-order valence-corrected chi connectivity index (χ3v) is 4.38. The van der Waals surface area contributed by atoms with Gasteiger partial charge >= 0.3 is 0 Å². The van der Waals surface area contributed by atoms with Crippen LogP contribution in [0.15, 0.2) is 40.7 Å². The van der Waals surface area contributed by atoms with Gasteiger partial charge < -0.3 is 10.2 Å². The van der Waals surface area contributed by atoms with Crippen LogP contribution >= 0.6 is 0 Å². The van der Waals surface area contributed by atoms with Gasteiger partial charge in [0.05, 0.1) is 0 Å². The van der Waals surface area contributed by atoms with Crippen LogP contribution < -0.4 is 0 Å². The highest BCUT2D eigenvalue weighted by molar-refractivity contribution is 6.52. The second-order valence-corrected chi connectivity index (χ2v) is 6.29. The zero-order valence-electron chi connectivity index (χ0n) is 13.3. The number of hydrogen-bond acceptors (Lipinski definition) is 4. The Hall–Kier alpha value is -2.62. The minimum atomic E-state index is -0.652. The second-order valence-electron chi connectivity index (χ2n) is 6.29. The van der Waals surface area contributed by atoms with E-state index in [1.165, 1.54) is 0 Å². The smallest absolute Gasteiger partial charge is 0.234 e. The molecular weight excluding hydrogens is 292 g/mol. The summed E-state index contributed by atoms with van der Waals surface area (Å²) in [6.45, 7) is 5.44. The Bertz CT molecular complexity index is 835. The summed E-state index contributed by atoms with van der Waals surface area (Å²) in [5.41, 5.74) is 3.35. The minimum Gasteiger partial charge on any atom is -0.508 e. The number of hydrogen-bond donors (Lipinski definition) is 2. The number of carbonyl (C=O) groups is 2. The number of phenols is 1. The molecule has 4 heteroatoms. The Labute approximate surface area is 134 Å². The summed E-state index contributed by atoms with van der Waals surface area (Å²) in [5, 5.41) is 20.3. The summed E-state index contributed by atoms with van der Waals surface area (Å²) in [5.74, 6) is -1.48. The van der Waals surface area contributed by atoms with Crippen LogP contribution in [0.25, 0.3) is 6.08 Å². The molecule has 1 aromatic carbocycles. The molecule has 1 aromatic rings. The molecule has 3 rings (SSSR count). The summed E-state index contributed by atoms with van der Waals surface area (Å²) in [4.78, 5) is 24.8. The fourth-order valence-corrected chi connectivity index (χ4v) is 3.22. The fourth-order valence-electron chi connectivity index (χ4n) is 3.22. The molecule has 23 heavy (non-hydrogen) atoms. The number of aryl methyl sites for hydroxylation is 1.